The number of halogens is 6. The van der Waals surface area contributed by atoms with Gasteiger partial charge in [0, 0.05) is 18.7 Å². The number of hydrogen-bond acceptors (Lipinski definition) is 3. The van der Waals surface area contributed by atoms with Crippen LogP contribution in [0.4, 0.5) is 31.1 Å². The van der Waals surface area contributed by atoms with Crippen LogP contribution in [0.1, 0.15) is 53.6 Å². The Morgan fingerprint density at radius 1 is 1.00 bits per heavy atom. The van der Waals surface area contributed by atoms with Gasteiger partial charge in [-0.25, -0.2) is 4.79 Å². The number of alkyl halides is 6. The summed E-state index contributed by atoms with van der Waals surface area (Å²) >= 11 is 0. The lowest BCUT2D eigenvalue weighted by Gasteiger charge is -2.20. The Kier molecular flexibility index (Phi) is 5.94. The van der Waals surface area contributed by atoms with Crippen LogP contribution in [-0.4, -0.2) is 41.4 Å². The summed E-state index contributed by atoms with van der Waals surface area (Å²) in [6, 6.07) is 0.0660. The van der Waals surface area contributed by atoms with Crippen LogP contribution in [0, 0.1) is 0 Å². The molecule has 6 nitrogen and oxygen atoms in total. The molecule has 0 bridgehead atoms. The van der Waals surface area contributed by atoms with Crippen molar-refractivity contribution in [2.75, 3.05) is 13.1 Å². The predicted octanol–water partition coefficient (Wildman–Crippen LogP) is 3.71. The van der Waals surface area contributed by atoms with Gasteiger partial charge >= 0.3 is 18.4 Å². The zero-order valence-electron chi connectivity index (χ0n) is 16.1. The highest BCUT2D eigenvalue weighted by Crippen LogP contribution is 2.37. The molecule has 1 heterocycles. The standard InChI is InChI=1S/C19H19F6N3O3/c20-18(21,22)12-8-11(9-13(10-12)19(23,24)25)14(29)26-6-3-7-28-15(30)17(27-16(28)31)4-1-2-5-17/h8-10H,1-7H2,(H,26,29)(H,27,31). The van der Waals surface area contributed by atoms with Gasteiger partial charge in [-0.05, 0) is 37.5 Å². The van der Waals surface area contributed by atoms with E-state index >= 15 is 0 Å². The Balaban J connectivity index is 1.61. The molecule has 0 unspecified atom stereocenters. The first-order valence-corrected chi connectivity index (χ1v) is 9.55. The molecule has 1 aromatic rings. The second kappa shape index (κ2) is 8.04. The molecule has 3 rings (SSSR count). The second-order valence-corrected chi connectivity index (χ2v) is 7.58. The summed E-state index contributed by atoms with van der Waals surface area (Å²) < 4.78 is 77.4. The van der Waals surface area contributed by atoms with E-state index < -0.39 is 46.5 Å². The van der Waals surface area contributed by atoms with Gasteiger partial charge in [0.05, 0.1) is 11.1 Å². The number of nitrogens with zero attached hydrogens (tertiary/aromatic N) is 1. The van der Waals surface area contributed by atoms with Gasteiger partial charge in [-0.2, -0.15) is 26.3 Å². The zero-order chi connectivity index (χ0) is 23.0. The fourth-order valence-corrected chi connectivity index (χ4v) is 3.82. The van der Waals surface area contributed by atoms with Crippen LogP contribution < -0.4 is 10.6 Å². The third-order valence-corrected chi connectivity index (χ3v) is 5.40. The Bertz CT molecular complexity index is 859. The molecule has 12 heteroatoms. The first-order chi connectivity index (χ1) is 14.3. The van der Waals surface area contributed by atoms with Crippen LogP contribution in [-0.2, 0) is 17.1 Å². The molecular formula is C19H19F6N3O3. The molecule has 1 spiro atoms. The smallest absolute Gasteiger partial charge is 0.352 e. The van der Waals surface area contributed by atoms with Gasteiger partial charge in [0.1, 0.15) is 5.54 Å². The summed E-state index contributed by atoms with van der Waals surface area (Å²) in [5.41, 5.74) is -4.85. The lowest BCUT2D eigenvalue weighted by Crippen LogP contribution is -2.44. The molecule has 4 amide bonds. The Labute approximate surface area is 173 Å². The van der Waals surface area contributed by atoms with Crippen molar-refractivity contribution < 1.29 is 40.7 Å². The van der Waals surface area contributed by atoms with Crippen LogP contribution in [0.15, 0.2) is 18.2 Å². The SMILES string of the molecule is O=C(NCCCN1C(=O)NC2(CCCC2)C1=O)c1cc(C(F)(F)F)cc(C(F)(F)F)c1. The lowest BCUT2D eigenvalue weighted by atomic mass is 9.98. The van der Waals surface area contributed by atoms with E-state index in [1.165, 1.54) is 0 Å². The van der Waals surface area contributed by atoms with E-state index in [0.717, 1.165) is 17.7 Å². The molecule has 1 aliphatic heterocycles. The minimum atomic E-state index is -5.06. The van der Waals surface area contributed by atoms with Crippen LogP contribution in [0.2, 0.25) is 0 Å². The molecular weight excluding hydrogens is 432 g/mol. The van der Waals surface area contributed by atoms with Gasteiger partial charge in [-0.1, -0.05) is 12.8 Å². The molecule has 170 valence electrons. The van der Waals surface area contributed by atoms with E-state index in [1.807, 2.05) is 0 Å². The monoisotopic (exact) mass is 451 g/mol. The van der Waals surface area contributed by atoms with Crippen molar-refractivity contribution in [1.29, 1.82) is 0 Å². The molecule has 1 aliphatic carbocycles. The third-order valence-electron chi connectivity index (χ3n) is 5.40. The van der Waals surface area contributed by atoms with Crippen molar-refractivity contribution in [1.82, 2.24) is 15.5 Å². The van der Waals surface area contributed by atoms with Crippen LogP contribution in [0.5, 0.6) is 0 Å². The molecule has 0 radical (unpaired) electrons. The maximum atomic E-state index is 12.9. The first kappa shape index (κ1) is 22.9. The Morgan fingerprint density at radius 2 is 1.55 bits per heavy atom. The van der Waals surface area contributed by atoms with Crippen LogP contribution in [0.3, 0.4) is 0 Å². The van der Waals surface area contributed by atoms with E-state index in [-0.39, 0.29) is 31.5 Å². The van der Waals surface area contributed by atoms with Crippen molar-refractivity contribution in [3.8, 4) is 0 Å². The summed E-state index contributed by atoms with van der Waals surface area (Å²) in [6.07, 6.45) is -7.32. The van der Waals surface area contributed by atoms with Crippen LogP contribution in [0.25, 0.3) is 0 Å². The second-order valence-electron chi connectivity index (χ2n) is 7.58. The number of rotatable bonds is 5. The quantitative estimate of drug-likeness (QED) is 0.407. The van der Waals surface area contributed by atoms with Crippen molar-refractivity contribution in [3.63, 3.8) is 0 Å². The molecule has 2 fully saturated rings. The molecule has 31 heavy (non-hydrogen) atoms. The number of imide groups is 1. The Hall–Kier alpha value is -2.79. The van der Waals surface area contributed by atoms with E-state index in [1.54, 1.807) is 0 Å². The highest BCUT2D eigenvalue weighted by Gasteiger charge is 2.52. The van der Waals surface area contributed by atoms with Gasteiger partial charge in [0.2, 0.25) is 0 Å². The molecule has 0 atom stereocenters. The maximum absolute atomic E-state index is 12.9. The van der Waals surface area contributed by atoms with E-state index in [0.29, 0.717) is 25.0 Å². The highest BCUT2D eigenvalue weighted by molar-refractivity contribution is 6.07. The molecule has 1 aromatic carbocycles. The fraction of sp³-hybridized carbons (Fsp3) is 0.526. The molecule has 2 N–H and O–H groups in total. The zero-order valence-corrected chi connectivity index (χ0v) is 16.1. The molecule has 1 saturated carbocycles. The van der Waals surface area contributed by atoms with E-state index in [9.17, 15) is 40.7 Å². The topological polar surface area (TPSA) is 78.5 Å². The number of carbonyl (C=O) groups excluding carboxylic acids is 3. The summed E-state index contributed by atoms with van der Waals surface area (Å²) in [7, 11) is 0. The van der Waals surface area contributed by atoms with Crippen molar-refractivity contribution in [3.05, 3.63) is 34.9 Å². The molecule has 2 aliphatic rings. The Morgan fingerprint density at radius 3 is 2.06 bits per heavy atom. The van der Waals surface area contributed by atoms with E-state index in [4.69, 9.17) is 0 Å². The maximum Gasteiger partial charge on any atom is 0.416 e. The molecule has 1 saturated heterocycles. The minimum Gasteiger partial charge on any atom is -0.352 e. The number of hydrogen-bond donors (Lipinski definition) is 2. The number of nitrogens with one attached hydrogen (secondary N) is 2. The van der Waals surface area contributed by atoms with Crippen molar-refractivity contribution in [2.24, 2.45) is 0 Å². The summed E-state index contributed by atoms with van der Waals surface area (Å²) in [6.45, 7) is -0.191. The average molecular weight is 451 g/mol. The summed E-state index contributed by atoms with van der Waals surface area (Å²) in [5.74, 6) is -1.48. The van der Waals surface area contributed by atoms with Gasteiger partial charge in [-0.15, -0.1) is 0 Å². The first-order valence-electron chi connectivity index (χ1n) is 9.55. The van der Waals surface area contributed by atoms with Crippen molar-refractivity contribution >= 4 is 17.8 Å². The fourth-order valence-electron chi connectivity index (χ4n) is 3.82. The third kappa shape index (κ3) is 4.77. The predicted molar refractivity (Wildman–Crippen MR) is 94.8 cm³/mol. The van der Waals surface area contributed by atoms with Gasteiger partial charge in [0.15, 0.2) is 0 Å². The number of amides is 4. The van der Waals surface area contributed by atoms with Crippen LogP contribution >= 0.6 is 0 Å². The largest absolute Gasteiger partial charge is 0.416 e. The summed E-state index contributed by atoms with van der Waals surface area (Å²) in [4.78, 5) is 37.7. The van der Waals surface area contributed by atoms with E-state index in [2.05, 4.69) is 10.6 Å². The number of benzene rings is 1. The highest BCUT2D eigenvalue weighted by atomic mass is 19.4. The van der Waals surface area contributed by atoms with Gasteiger partial charge in [0.25, 0.3) is 11.8 Å². The minimum absolute atomic E-state index is 0.0386. The van der Waals surface area contributed by atoms with Gasteiger partial charge in [-0.3, -0.25) is 14.5 Å². The average Bonchev–Trinajstić information content (AvgIpc) is 3.23. The van der Waals surface area contributed by atoms with Crippen molar-refractivity contribution in [2.45, 2.75) is 50.0 Å². The lowest BCUT2D eigenvalue weighted by molar-refractivity contribution is -0.143. The van der Waals surface area contributed by atoms with Gasteiger partial charge < -0.3 is 10.6 Å². The number of carbonyl (C=O) groups is 3. The normalized spacial score (nSPS) is 18.6. The number of urea groups is 1. The molecule has 0 aromatic heterocycles. The summed E-state index contributed by atoms with van der Waals surface area (Å²) in [5, 5.41) is 4.91.